The summed E-state index contributed by atoms with van der Waals surface area (Å²) in [6, 6.07) is 9.75. The molecule has 2 rings (SSSR count). The van der Waals surface area contributed by atoms with Crippen LogP contribution in [0.5, 0.6) is 11.5 Å². The van der Waals surface area contributed by atoms with Crippen molar-refractivity contribution in [2.24, 2.45) is 0 Å². The molecule has 1 aromatic heterocycles. The Hall–Kier alpha value is -2.03. The highest BCUT2D eigenvalue weighted by Crippen LogP contribution is 2.28. The maximum absolute atomic E-state index is 5.72. The minimum atomic E-state index is 0.516. The van der Waals surface area contributed by atoms with E-state index in [1.807, 2.05) is 37.3 Å². The molecule has 0 amide bonds. The number of methoxy groups -OCH3 is 1. The van der Waals surface area contributed by atoms with Crippen LogP contribution in [0.3, 0.4) is 0 Å². The molecule has 1 heterocycles. The lowest BCUT2D eigenvalue weighted by Crippen LogP contribution is -1.97. The molecule has 0 atom stereocenters. The Balaban J connectivity index is 2.09. The summed E-state index contributed by atoms with van der Waals surface area (Å²) in [5, 5.41) is 0. The third kappa shape index (κ3) is 2.97. The highest BCUT2D eigenvalue weighted by atomic mass is 16.5. The Labute approximate surface area is 101 Å². The molecule has 0 aliphatic rings. The summed E-state index contributed by atoms with van der Waals surface area (Å²) in [5.41, 5.74) is 2.24. The molecule has 3 heteroatoms. The van der Waals surface area contributed by atoms with Crippen LogP contribution in [0.4, 0.5) is 0 Å². The SMILES string of the molecule is COc1cc(C)ccc1OCc1ccncc1. The van der Waals surface area contributed by atoms with Gasteiger partial charge in [0.05, 0.1) is 7.11 Å². The molecule has 0 bridgehead atoms. The van der Waals surface area contributed by atoms with Gasteiger partial charge in [-0.1, -0.05) is 6.07 Å². The van der Waals surface area contributed by atoms with Crippen molar-refractivity contribution in [1.29, 1.82) is 0 Å². The molecule has 17 heavy (non-hydrogen) atoms. The number of pyridine rings is 1. The highest BCUT2D eigenvalue weighted by molar-refractivity contribution is 5.42. The summed E-state index contributed by atoms with van der Waals surface area (Å²) in [4.78, 5) is 3.97. The smallest absolute Gasteiger partial charge is 0.161 e. The van der Waals surface area contributed by atoms with E-state index in [-0.39, 0.29) is 0 Å². The normalized spacial score (nSPS) is 10.0. The van der Waals surface area contributed by atoms with E-state index >= 15 is 0 Å². The van der Waals surface area contributed by atoms with Gasteiger partial charge in [0, 0.05) is 12.4 Å². The van der Waals surface area contributed by atoms with Crippen molar-refractivity contribution in [1.82, 2.24) is 4.98 Å². The highest BCUT2D eigenvalue weighted by Gasteiger charge is 2.04. The molecule has 0 N–H and O–H groups in total. The molecule has 0 aliphatic heterocycles. The minimum absolute atomic E-state index is 0.516. The quantitative estimate of drug-likeness (QED) is 0.807. The molecule has 0 saturated carbocycles. The molecule has 3 nitrogen and oxygen atoms in total. The van der Waals surface area contributed by atoms with E-state index in [4.69, 9.17) is 9.47 Å². The van der Waals surface area contributed by atoms with E-state index in [1.54, 1.807) is 19.5 Å². The zero-order chi connectivity index (χ0) is 12.1. The van der Waals surface area contributed by atoms with Gasteiger partial charge in [0.2, 0.25) is 0 Å². The fourth-order valence-corrected chi connectivity index (χ4v) is 1.53. The second-order valence-electron chi connectivity index (χ2n) is 3.80. The number of hydrogen-bond donors (Lipinski definition) is 0. The molecule has 88 valence electrons. The summed E-state index contributed by atoms with van der Waals surface area (Å²) in [6.07, 6.45) is 3.51. The Morgan fingerprint density at radius 2 is 1.82 bits per heavy atom. The number of aromatic nitrogens is 1. The first-order chi connectivity index (χ1) is 8.29. The summed E-state index contributed by atoms with van der Waals surface area (Å²) in [7, 11) is 1.65. The fourth-order valence-electron chi connectivity index (χ4n) is 1.53. The van der Waals surface area contributed by atoms with Gasteiger partial charge in [-0.3, -0.25) is 4.98 Å². The van der Waals surface area contributed by atoms with Crippen molar-refractivity contribution in [3.63, 3.8) is 0 Å². The van der Waals surface area contributed by atoms with Crippen LogP contribution in [0, 0.1) is 6.92 Å². The molecule has 0 aliphatic carbocycles. The molecule has 1 aromatic carbocycles. The van der Waals surface area contributed by atoms with Crippen molar-refractivity contribution in [3.8, 4) is 11.5 Å². The molecule has 0 spiro atoms. The monoisotopic (exact) mass is 229 g/mol. The zero-order valence-electron chi connectivity index (χ0n) is 10.0. The maximum Gasteiger partial charge on any atom is 0.161 e. The van der Waals surface area contributed by atoms with Crippen molar-refractivity contribution in [2.45, 2.75) is 13.5 Å². The number of ether oxygens (including phenoxy) is 2. The average Bonchev–Trinajstić information content (AvgIpc) is 2.38. The van der Waals surface area contributed by atoms with Crippen LogP contribution < -0.4 is 9.47 Å². The number of benzene rings is 1. The summed E-state index contributed by atoms with van der Waals surface area (Å²) in [5.74, 6) is 1.52. The lowest BCUT2D eigenvalue weighted by molar-refractivity contribution is 0.284. The molecular weight excluding hydrogens is 214 g/mol. The van der Waals surface area contributed by atoms with E-state index in [0.29, 0.717) is 6.61 Å². The molecule has 0 radical (unpaired) electrons. The largest absolute Gasteiger partial charge is 0.493 e. The number of nitrogens with zero attached hydrogens (tertiary/aromatic N) is 1. The average molecular weight is 229 g/mol. The van der Waals surface area contributed by atoms with Crippen LogP contribution in [0.1, 0.15) is 11.1 Å². The van der Waals surface area contributed by atoms with Crippen LogP contribution in [0.2, 0.25) is 0 Å². The van der Waals surface area contributed by atoms with Crippen LogP contribution >= 0.6 is 0 Å². The summed E-state index contributed by atoms with van der Waals surface area (Å²) in [6.45, 7) is 2.54. The summed E-state index contributed by atoms with van der Waals surface area (Å²) >= 11 is 0. The van der Waals surface area contributed by atoms with Gasteiger partial charge in [-0.25, -0.2) is 0 Å². The van der Waals surface area contributed by atoms with Crippen molar-refractivity contribution in [2.75, 3.05) is 7.11 Å². The van der Waals surface area contributed by atoms with Crippen molar-refractivity contribution < 1.29 is 9.47 Å². The Morgan fingerprint density at radius 1 is 1.06 bits per heavy atom. The first kappa shape index (κ1) is 11.5. The van der Waals surface area contributed by atoms with Crippen molar-refractivity contribution >= 4 is 0 Å². The predicted octanol–water partition coefficient (Wildman–Crippen LogP) is 2.98. The van der Waals surface area contributed by atoms with Crippen LogP contribution in [-0.2, 0) is 6.61 Å². The van der Waals surface area contributed by atoms with E-state index in [0.717, 1.165) is 22.6 Å². The topological polar surface area (TPSA) is 31.4 Å². The van der Waals surface area contributed by atoms with Crippen LogP contribution in [-0.4, -0.2) is 12.1 Å². The van der Waals surface area contributed by atoms with Crippen molar-refractivity contribution in [3.05, 3.63) is 53.9 Å². The maximum atomic E-state index is 5.72. The second-order valence-corrected chi connectivity index (χ2v) is 3.80. The number of hydrogen-bond acceptors (Lipinski definition) is 3. The standard InChI is InChI=1S/C14H15NO2/c1-11-3-4-13(14(9-11)16-2)17-10-12-5-7-15-8-6-12/h3-9H,10H2,1-2H3. The first-order valence-corrected chi connectivity index (χ1v) is 5.46. The second kappa shape index (κ2) is 5.34. The van der Waals surface area contributed by atoms with Crippen LogP contribution in [0.25, 0.3) is 0 Å². The number of rotatable bonds is 4. The van der Waals surface area contributed by atoms with Crippen LogP contribution in [0.15, 0.2) is 42.7 Å². The third-order valence-electron chi connectivity index (χ3n) is 2.46. The van der Waals surface area contributed by atoms with E-state index in [9.17, 15) is 0 Å². The molecular formula is C14H15NO2. The Bertz CT molecular complexity index is 483. The van der Waals surface area contributed by atoms with Gasteiger partial charge in [-0.15, -0.1) is 0 Å². The van der Waals surface area contributed by atoms with Gasteiger partial charge < -0.3 is 9.47 Å². The molecule has 2 aromatic rings. The van der Waals surface area contributed by atoms with Gasteiger partial charge in [0.15, 0.2) is 11.5 Å². The first-order valence-electron chi connectivity index (χ1n) is 5.46. The van der Waals surface area contributed by atoms with Gasteiger partial charge in [-0.2, -0.15) is 0 Å². The zero-order valence-corrected chi connectivity index (χ0v) is 10.0. The fraction of sp³-hybridized carbons (Fsp3) is 0.214. The third-order valence-corrected chi connectivity index (χ3v) is 2.46. The van der Waals surface area contributed by atoms with E-state index < -0.39 is 0 Å². The lowest BCUT2D eigenvalue weighted by Gasteiger charge is -2.11. The van der Waals surface area contributed by atoms with E-state index in [2.05, 4.69) is 4.98 Å². The lowest BCUT2D eigenvalue weighted by atomic mass is 10.2. The van der Waals surface area contributed by atoms with Gasteiger partial charge in [0.1, 0.15) is 6.61 Å². The Morgan fingerprint density at radius 3 is 2.53 bits per heavy atom. The van der Waals surface area contributed by atoms with Gasteiger partial charge >= 0.3 is 0 Å². The molecule has 0 fully saturated rings. The van der Waals surface area contributed by atoms with Gasteiger partial charge in [-0.05, 0) is 42.3 Å². The van der Waals surface area contributed by atoms with Gasteiger partial charge in [0.25, 0.3) is 0 Å². The summed E-state index contributed by atoms with van der Waals surface area (Å²) < 4.78 is 11.0. The molecule has 0 saturated heterocycles. The molecule has 0 unspecified atom stereocenters. The van der Waals surface area contributed by atoms with E-state index in [1.165, 1.54) is 0 Å². The Kier molecular flexibility index (Phi) is 3.60. The predicted molar refractivity (Wildman–Crippen MR) is 66.3 cm³/mol. The number of aryl methyl sites for hydroxylation is 1. The minimum Gasteiger partial charge on any atom is -0.493 e.